The summed E-state index contributed by atoms with van der Waals surface area (Å²) in [5, 5.41) is 8.30. The van der Waals surface area contributed by atoms with Crippen LogP contribution >= 0.6 is 34.4 Å². The van der Waals surface area contributed by atoms with Gasteiger partial charge in [-0.3, -0.25) is 0 Å². The molecule has 1 aromatic rings. The fraction of sp³-hybridized carbons (Fsp3) is 0.714. The van der Waals surface area contributed by atoms with E-state index in [2.05, 4.69) is 10.2 Å². The maximum Gasteiger partial charge on any atom is 0.278 e. The molecule has 0 radical (unpaired) electrons. The van der Waals surface area contributed by atoms with E-state index in [0.29, 0.717) is 9.15 Å². The summed E-state index contributed by atoms with van der Waals surface area (Å²) in [6.45, 7) is 0. The smallest absolute Gasteiger partial charge is 0.278 e. The molecule has 0 spiro atoms. The number of thioether (sulfide) groups is 1. The molecule has 1 aromatic heterocycles. The van der Waals surface area contributed by atoms with Gasteiger partial charge < -0.3 is 4.42 Å². The van der Waals surface area contributed by atoms with E-state index in [0.717, 1.165) is 5.89 Å². The minimum absolute atomic E-state index is 0.453. The van der Waals surface area contributed by atoms with Gasteiger partial charge in [-0.1, -0.05) is 6.42 Å². The molecule has 1 saturated heterocycles. The van der Waals surface area contributed by atoms with E-state index in [-0.39, 0.29) is 0 Å². The van der Waals surface area contributed by atoms with Crippen molar-refractivity contribution in [2.75, 3.05) is 5.75 Å². The van der Waals surface area contributed by atoms with Gasteiger partial charge in [0.05, 0.1) is 5.25 Å². The standard InChI is InChI=1S/C7H9IN2OS/c8-7-10-9-6(11-7)5-3-1-2-4-12-5/h5H,1-4H2. The van der Waals surface area contributed by atoms with Crippen molar-refractivity contribution < 1.29 is 4.42 Å². The Balaban J connectivity index is 2.08. The molecule has 2 heterocycles. The Morgan fingerprint density at radius 1 is 1.42 bits per heavy atom. The summed E-state index contributed by atoms with van der Waals surface area (Å²) >= 11 is 3.98. The van der Waals surface area contributed by atoms with Gasteiger partial charge in [0.2, 0.25) is 5.89 Å². The highest BCUT2D eigenvalue weighted by molar-refractivity contribution is 14.1. The number of halogens is 1. The Kier molecular flexibility index (Phi) is 2.90. The van der Waals surface area contributed by atoms with E-state index in [1.54, 1.807) is 0 Å². The van der Waals surface area contributed by atoms with Crippen LogP contribution in [0.25, 0.3) is 0 Å². The van der Waals surface area contributed by atoms with Gasteiger partial charge in [-0.15, -0.1) is 22.0 Å². The topological polar surface area (TPSA) is 38.9 Å². The highest BCUT2D eigenvalue weighted by Gasteiger charge is 2.21. The van der Waals surface area contributed by atoms with Gasteiger partial charge in [-0.25, -0.2) is 0 Å². The largest absolute Gasteiger partial charge is 0.415 e. The SMILES string of the molecule is Ic1nnc(C2CCCCS2)o1. The van der Waals surface area contributed by atoms with Crippen molar-refractivity contribution >= 4 is 34.4 Å². The van der Waals surface area contributed by atoms with Crippen molar-refractivity contribution in [1.82, 2.24) is 10.2 Å². The van der Waals surface area contributed by atoms with Crippen molar-refractivity contribution in [3.63, 3.8) is 0 Å². The second kappa shape index (κ2) is 3.95. The Morgan fingerprint density at radius 3 is 2.92 bits per heavy atom. The molecule has 0 bridgehead atoms. The van der Waals surface area contributed by atoms with E-state index >= 15 is 0 Å². The summed E-state index contributed by atoms with van der Waals surface area (Å²) in [5.74, 6) is 2.04. The minimum Gasteiger partial charge on any atom is -0.415 e. The molecule has 0 amide bonds. The zero-order valence-corrected chi connectivity index (χ0v) is 9.47. The van der Waals surface area contributed by atoms with E-state index in [1.807, 2.05) is 34.4 Å². The highest BCUT2D eigenvalue weighted by Crippen LogP contribution is 2.37. The average molecular weight is 296 g/mol. The summed E-state index contributed by atoms with van der Waals surface area (Å²) in [7, 11) is 0. The zero-order valence-electron chi connectivity index (χ0n) is 6.49. The van der Waals surface area contributed by atoms with Gasteiger partial charge in [0.1, 0.15) is 0 Å². The third-order valence-electron chi connectivity index (χ3n) is 1.87. The normalized spacial score (nSPS) is 24.2. The van der Waals surface area contributed by atoms with Gasteiger partial charge in [-0.2, -0.15) is 0 Å². The van der Waals surface area contributed by atoms with Crippen LogP contribution < -0.4 is 0 Å². The lowest BCUT2D eigenvalue weighted by molar-refractivity contribution is 0.452. The fourth-order valence-electron chi connectivity index (χ4n) is 1.28. The Morgan fingerprint density at radius 2 is 2.33 bits per heavy atom. The Labute approximate surface area is 88.8 Å². The first kappa shape index (κ1) is 8.80. The monoisotopic (exact) mass is 296 g/mol. The van der Waals surface area contributed by atoms with E-state index in [4.69, 9.17) is 4.42 Å². The van der Waals surface area contributed by atoms with Gasteiger partial charge in [0.25, 0.3) is 3.90 Å². The molecule has 1 unspecified atom stereocenters. The Bertz CT molecular complexity index is 260. The zero-order chi connectivity index (χ0) is 8.39. The predicted molar refractivity (Wildman–Crippen MR) is 56.1 cm³/mol. The second-order valence-corrected chi connectivity index (χ2v) is 4.98. The molecule has 0 aliphatic carbocycles. The molecule has 1 fully saturated rings. The number of hydrogen-bond donors (Lipinski definition) is 0. The van der Waals surface area contributed by atoms with Crippen molar-refractivity contribution in [2.45, 2.75) is 24.5 Å². The molecule has 1 aliphatic heterocycles. The molecule has 0 N–H and O–H groups in total. The fourth-order valence-corrected chi connectivity index (χ4v) is 2.84. The first-order chi connectivity index (χ1) is 5.86. The van der Waals surface area contributed by atoms with Crippen LogP contribution in [0, 0.1) is 3.90 Å². The number of rotatable bonds is 1. The Hall–Kier alpha value is 0.220. The van der Waals surface area contributed by atoms with Crippen LogP contribution in [0.15, 0.2) is 4.42 Å². The van der Waals surface area contributed by atoms with Crippen LogP contribution in [0.3, 0.4) is 0 Å². The molecule has 5 heteroatoms. The molecule has 2 rings (SSSR count). The van der Waals surface area contributed by atoms with Crippen LogP contribution in [0.2, 0.25) is 0 Å². The first-order valence-corrected chi connectivity index (χ1v) is 6.09. The van der Waals surface area contributed by atoms with E-state index < -0.39 is 0 Å². The lowest BCUT2D eigenvalue weighted by Crippen LogP contribution is -2.02. The first-order valence-electron chi connectivity index (χ1n) is 3.97. The maximum atomic E-state index is 5.37. The van der Waals surface area contributed by atoms with Crippen molar-refractivity contribution in [2.24, 2.45) is 0 Å². The van der Waals surface area contributed by atoms with Gasteiger partial charge in [0, 0.05) is 22.6 Å². The van der Waals surface area contributed by atoms with Crippen LogP contribution in [0.5, 0.6) is 0 Å². The summed E-state index contributed by atoms with van der Waals surface area (Å²) in [6, 6.07) is 0. The maximum absolute atomic E-state index is 5.37. The summed E-state index contributed by atoms with van der Waals surface area (Å²) in [6.07, 6.45) is 3.80. The quantitative estimate of drug-likeness (QED) is 0.747. The van der Waals surface area contributed by atoms with E-state index in [9.17, 15) is 0 Å². The number of aromatic nitrogens is 2. The lowest BCUT2D eigenvalue weighted by atomic mass is 10.2. The van der Waals surface area contributed by atoms with Crippen molar-refractivity contribution in [1.29, 1.82) is 0 Å². The molecule has 1 atom stereocenters. The van der Waals surface area contributed by atoms with Crippen LogP contribution in [0.4, 0.5) is 0 Å². The molecule has 3 nitrogen and oxygen atoms in total. The van der Waals surface area contributed by atoms with Crippen LogP contribution in [-0.4, -0.2) is 16.0 Å². The molecule has 1 aliphatic rings. The van der Waals surface area contributed by atoms with Gasteiger partial charge >= 0.3 is 0 Å². The van der Waals surface area contributed by atoms with Crippen LogP contribution in [0.1, 0.15) is 30.4 Å². The highest BCUT2D eigenvalue weighted by atomic mass is 127. The van der Waals surface area contributed by atoms with Crippen molar-refractivity contribution in [3.8, 4) is 0 Å². The molecule has 0 saturated carbocycles. The lowest BCUT2D eigenvalue weighted by Gasteiger charge is -2.16. The average Bonchev–Trinajstić information content (AvgIpc) is 2.54. The third kappa shape index (κ3) is 1.93. The van der Waals surface area contributed by atoms with Crippen molar-refractivity contribution in [3.05, 3.63) is 9.79 Å². The third-order valence-corrected chi connectivity index (χ3v) is 3.67. The summed E-state index contributed by atoms with van der Waals surface area (Å²) in [5.41, 5.74) is 0. The molecule has 66 valence electrons. The predicted octanol–water partition coefficient (Wildman–Crippen LogP) is 2.63. The number of hydrogen-bond acceptors (Lipinski definition) is 4. The molecule has 0 aromatic carbocycles. The summed E-state index contributed by atoms with van der Waals surface area (Å²) < 4.78 is 6.01. The summed E-state index contributed by atoms with van der Waals surface area (Å²) in [4.78, 5) is 0. The second-order valence-electron chi connectivity index (χ2n) is 2.75. The van der Waals surface area contributed by atoms with E-state index in [1.165, 1.54) is 25.0 Å². The van der Waals surface area contributed by atoms with Crippen LogP contribution in [-0.2, 0) is 0 Å². The molecular weight excluding hydrogens is 287 g/mol. The minimum atomic E-state index is 0.453. The van der Waals surface area contributed by atoms with Gasteiger partial charge in [0.15, 0.2) is 0 Å². The molecule has 12 heavy (non-hydrogen) atoms. The molecular formula is C7H9IN2OS. The van der Waals surface area contributed by atoms with Gasteiger partial charge in [-0.05, 0) is 18.6 Å². The number of nitrogens with zero attached hydrogens (tertiary/aromatic N) is 2.